The van der Waals surface area contributed by atoms with E-state index in [-0.39, 0.29) is 24.2 Å². The van der Waals surface area contributed by atoms with E-state index in [0.29, 0.717) is 17.9 Å². The van der Waals surface area contributed by atoms with Crippen LogP contribution in [0, 0.1) is 0 Å². The van der Waals surface area contributed by atoms with Crippen molar-refractivity contribution in [3.05, 3.63) is 102 Å². The highest BCUT2D eigenvalue weighted by molar-refractivity contribution is 7.92. The molecule has 0 spiro atoms. The molecule has 6 nitrogen and oxygen atoms in total. The standard InChI is InChI=1S/C34H44N2O4S/c1-4-36(33(37)40-27-29-14-8-5-9-15-29)31-20-23-35(24-21-31)25-22-34(3,30-16-10-6-11-17-30)26-28(2)41(38,39)32-18-12-7-13-19-32/h5-19,28,31H,4,20-27H2,1-3H3. The van der Waals surface area contributed by atoms with Crippen LogP contribution in [0.3, 0.4) is 0 Å². The van der Waals surface area contributed by atoms with Crippen molar-refractivity contribution in [2.24, 2.45) is 0 Å². The lowest BCUT2D eigenvalue weighted by atomic mass is 9.75. The number of amides is 1. The van der Waals surface area contributed by atoms with Crippen molar-refractivity contribution in [2.45, 2.75) is 74.7 Å². The molecule has 3 aromatic carbocycles. The van der Waals surface area contributed by atoms with Gasteiger partial charge in [-0.25, -0.2) is 13.2 Å². The van der Waals surface area contributed by atoms with Gasteiger partial charge in [-0.1, -0.05) is 85.8 Å². The smallest absolute Gasteiger partial charge is 0.410 e. The fourth-order valence-corrected chi connectivity index (χ4v) is 7.58. The molecule has 1 aliphatic heterocycles. The summed E-state index contributed by atoms with van der Waals surface area (Å²) in [5, 5.41) is -0.513. The molecule has 220 valence electrons. The monoisotopic (exact) mass is 576 g/mol. The third-order valence-corrected chi connectivity index (χ3v) is 10.7. The first-order valence-electron chi connectivity index (χ1n) is 14.8. The van der Waals surface area contributed by atoms with Crippen molar-refractivity contribution in [2.75, 3.05) is 26.2 Å². The van der Waals surface area contributed by atoms with E-state index in [1.54, 1.807) is 24.3 Å². The van der Waals surface area contributed by atoms with E-state index in [0.717, 1.165) is 44.5 Å². The van der Waals surface area contributed by atoms with Crippen LogP contribution in [-0.2, 0) is 26.6 Å². The van der Waals surface area contributed by atoms with Crippen LogP contribution in [0.1, 0.15) is 57.6 Å². The third kappa shape index (κ3) is 7.98. The molecule has 1 saturated heterocycles. The topological polar surface area (TPSA) is 66.9 Å². The average Bonchev–Trinajstić information content (AvgIpc) is 3.01. The number of hydrogen-bond donors (Lipinski definition) is 0. The van der Waals surface area contributed by atoms with Crippen LogP contribution < -0.4 is 0 Å². The fraction of sp³-hybridized carbons (Fsp3) is 0.441. The normalized spacial score (nSPS) is 17.0. The highest BCUT2D eigenvalue weighted by Gasteiger charge is 2.35. The van der Waals surface area contributed by atoms with Gasteiger partial charge in [0.05, 0.1) is 10.1 Å². The van der Waals surface area contributed by atoms with Gasteiger partial charge in [-0.3, -0.25) is 0 Å². The highest BCUT2D eigenvalue weighted by atomic mass is 32.2. The third-order valence-electron chi connectivity index (χ3n) is 8.57. The minimum atomic E-state index is -3.44. The maximum Gasteiger partial charge on any atom is 0.410 e. The summed E-state index contributed by atoms with van der Waals surface area (Å²) in [7, 11) is -3.44. The summed E-state index contributed by atoms with van der Waals surface area (Å²) in [4.78, 5) is 17.6. The summed E-state index contributed by atoms with van der Waals surface area (Å²) < 4.78 is 32.4. The number of likely N-dealkylation sites (tertiary alicyclic amines) is 1. The van der Waals surface area contributed by atoms with Gasteiger partial charge in [0.25, 0.3) is 0 Å². The molecular formula is C34H44N2O4S. The molecule has 2 unspecified atom stereocenters. The van der Waals surface area contributed by atoms with Crippen LogP contribution in [0.4, 0.5) is 4.79 Å². The van der Waals surface area contributed by atoms with Crippen LogP contribution in [0.2, 0.25) is 0 Å². The summed E-state index contributed by atoms with van der Waals surface area (Å²) in [6, 6.07) is 29.0. The lowest BCUT2D eigenvalue weighted by Crippen LogP contribution is -2.48. The lowest BCUT2D eigenvalue weighted by molar-refractivity contribution is 0.0619. The SMILES string of the molecule is CCN(C(=O)OCc1ccccc1)C1CCN(CCC(C)(CC(C)S(=O)(=O)c2ccccc2)c2ccccc2)CC1. The van der Waals surface area contributed by atoms with Crippen molar-refractivity contribution in [1.82, 2.24) is 9.80 Å². The molecule has 41 heavy (non-hydrogen) atoms. The molecule has 1 aliphatic rings. The summed E-state index contributed by atoms with van der Waals surface area (Å²) in [6.07, 6.45) is 2.94. The van der Waals surface area contributed by atoms with E-state index in [2.05, 4.69) is 24.0 Å². The quantitative estimate of drug-likeness (QED) is 0.240. The number of ether oxygens (including phenoxy) is 1. The van der Waals surface area contributed by atoms with Gasteiger partial charge in [0.2, 0.25) is 0 Å². The number of piperidine rings is 1. The minimum Gasteiger partial charge on any atom is -0.445 e. The zero-order valence-corrected chi connectivity index (χ0v) is 25.4. The summed E-state index contributed by atoms with van der Waals surface area (Å²) in [5.41, 5.74) is 1.86. The summed E-state index contributed by atoms with van der Waals surface area (Å²) in [6.45, 7) is 9.63. The number of sulfone groups is 1. The second-order valence-electron chi connectivity index (χ2n) is 11.4. The van der Waals surface area contributed by atoms with Crippen LogP contribution in [0.25, 0.3) is 0 Å². The maximum absolute atomic E-state index is 13.4. The predicted molar refractivity (Wildman–Crippen MR) is 165 cm³/mol. The Bertz CT molecular complexity index is 1330. The molecule has 3 aromatic rings. The Labute approximate surface area is 246 Å². The van der Waals surface area contributed by atoms with Crippen LogP contribution in [0.5, 0.6) is 0 Å². The first kappa shape index (κ1) is 30.8. The number of carbonyl (C=O) groups is 1. The van der Waals surface area contributed by atoms with Gasteiger partial charge in [0, 0.05) is 25.7 Å². The van der Waals surface area contributed by atoms with E-state index in [9.17, 15) is 13.2 Å². The van der Waals surface area contributed by atoms with E-state index in [1.807, 2.05) is 73.3 Å². The molecule has 1 fully saturated rings. The maximum atomic E-state index is 13.4. The Morgan fingerprint density at radius 1 is 0.951 bits per heavy atom. The highest BCUT2D eigenvalue weighted by Crippen LogP contribution is 2.36. The van der Waals surface area contributed by atoms with Crippen LogP contribution in [0.15, 0.2) is 95.9 Å². The molecule has 7 heteroatoms. The second-order valence-corrected chi connectivity index (χ2v) is 13.8. The Hall–Kier alpha value is -3.16. The molecule has 4 rings (SSSR count). The van der Waals surface area contributed by atoms with E-state index in [1.165, 1.54) is 5.56 Å². The van der Waals surface area contributed by atoms with Gasteiger partial charge >= 0.3 is 6.09 Å². The molecule has 1 amide bonds. The van der Waals surface area contributed by atoms with Crippen LogP contribution in [-0.4, -0.2) is 61.8 Å². The van der Waals surface area contributed by atoms with Gasteiger partial charge in [-0.15, -0.1) is 0 Å². The van der Waals surface area contributed by atoms with Gasteiger partial charge in [-0.2, -0.15) is 0 Å². The van der Waals surface area contributed by atoms with E-state index in [4.69, 9.17) is 4.74 Å². The Morgan fingerprint density at radius 3 is 2.10 bits per heavy atom. The predicted octanol–water partition coefficient (Wildman–Crippen LogP) is 6.71. The molecule has 2 atom stereocenters. The molecule has 0 radical (unpaired) electrons. The molecule has 0 aromatic heterocycles. The first-order valence-corrected chi connectivity index (χ1v) is 16.3. The van der Waals surface area contributed by atoms with Crippen molar-refractivity contribution >= 4 is 15.9 Å². The molecule has 1 heterocycles. The van der Waals surface area contributed by atoms with Crippen LogP contribution >= 0.6 is 0 Å². The lowest BCUT2D eigenvalue weighted by Gasteiger charge is -2.39. The Balaban J connectivity index is 1.35. The van der Waals surface area contributed by atoms with E-state index >= 15 is 0 Å². The van der Waals surface area contributed by atoms with Crippen molar-refractivity contribution in [3.8, 4) is 0 Å². The average molecular weight is 577 g/mol. The molecular weight excluding hydrogens is 532 g/mol. The zero-order valence-electron chi connectivity index (χ0n) is 24.6. The molecule has 0 N–H and O–H groups in total. The number of rotatable bonds is 12. The van der Waals surface area contributed by atoms with Gasteiger partial charge in [0.15, 0.2) is 9.84 Å². The first-order chi connectivity index (χ1) is 19.7. The Morgan fingerprint density at radius 2 is 1.51 bits per heavy atom. The number of benzene rings is 3. The van der Waals surface area contributed by atoms with E-state index < -0.39 is 15.1 Å². The molecule has 0 bridgehead atoms. The fourth-order valence-electron chi connectivity index (χ4n) is 5.99. The largest absolute Gasteiger partial charge is 0.445 e. The van der Waals surface area contributed by atoms with Crippen molar-refractivity contribution in [3.63, 3.8) is 0 Å². The molecule has 0 aliphatic carbocycles. The number of carbonyl (C=O) groups excluding carboxylic acids is 1. The second kappa shape index (κ2) is 14.1. The minimum absolute atomic E-state index is 0.163. The van der Waals surface area contributed by atoms with Crippen molar-refractivity contribution < 1.29 is 17.9 Å². The van der Waals surface area contributed by atoms with Gasteiger partial charge in [0.1, 0.15) is 6.61 Å². The summed E-state index contributed by atoms with van der Waals surface area (Å²) in [5.74, 6) is 0. The van der Waals surface area contributed by atoms with Crippen molar-refractivity contribution in [1.29, 1.82) is 0 Å². The number of hydrogen-bond acceptors (Lipinski definition) is 5. The van der Waals surface area contributed by atoms with Gasteiger partial charge in [-0.05, 0) is 74.8 Å². The zero-order chi connectivity index (χ0) is 29.3. The van der Waals surface area contributed by atoms with Gasteiger partial charge < -0.3 is 14.5 Å². The summed E-state index contributed by atoms with van der Waals surface area (Å²) >= 11 is 0. The Kier molecular flexibility index (Phi) is 10.6. The molecule has 0 saturated carbocycles. The number of nitrogens with zero attached hydrogens (tertiary/aromatic N) is 2.